The van der Waals surface area contributed by atoms with E-state index in [1.807, 2.05) is 0 Å². The van der Waals surface area contributed by atoms with Crippen molar-refractivity contribution in [2.24, 2.45) is 5.73 Å². The minimum Gasteiger partial charge on any atom is -0.374 e. The topological polar surface area (TPSA) is 38.5 Å². The fraction of sp³-hybridized carbons (Fsp3) is 0.600. The second-order valence-electron chi connectivity index (χ2n) is 5.36. The van der Waals surface area contributed by atoms with E-state index in [9.17, 15) is 0 Å². The molecule has 0 spiro atoms. The molecule has 2 unspecified atom stereocenters. The lowest BCUT2D eigenvalue weighted by Crippen LogP contribution is -2.46. The molecule has 1 aliphatic heterocycles. The van der Waals surface area contributed by atoms with Crippen LogP contribution in [0.15, 0.2) is 12.1 Å². The van der Waals surface area contributed by atoms with E-state index in [1.165, 1.54) is 22.3 Å². The van der Waals surface area contributed by atoms with Crippen LogP contribution in [0.25, 0.3) is 0 Å². The first kappa shape index (κ1) is 13.5. The molecule has 1 saturated heterocycles. The Labute approximate surface area is 110 Å². The molecule has 0 saturated carbocycles. The van der Waals surface area contributed by atoms with Gasteiger partial charge in [0.15, 0.2) is 0 Å². The summed E-state index contributed by atoms with van der Waals surface area (Å²) in [5, 5.41) is 0. The molecule has 3 heteroatoms. The molecular formula is C15H24N2O. The highest BCUT2D eigenvalue weighted by Crippen LogP contribution is 2.31. The lowest BCUT2D eigenvalue weighted by Gasteiger charge is -2.39. The molecule has 100 valence electrons. The molecule has 1 aromatic carbocycles. The van der Waals surface area contributed by atoms with Crippen LogP contribution in [0.2, 0.25) is 0 Å². The van der Waals surface area contributed by atoms with Crippen molar-refractivity contribution >= 4 is 0 Å². The van der Waals surface area contributed by atoms with Crippen LogP contribution in [-0.2, 0) is 4.74 Å². The molecule has 0 aliphatic carbocycles. The first-order valence-electron chi connectivity index (χ1n) is 6.64. The number of ether oxygens (including phenoxy) is 1. The van der Waals surface area contributed by atoms with Gasteiger partial charge in [-0.3, -0.25) is 4.90 Å². The molecule has 0 bridgehead atoms. The molecule has 1 fully saturated rings. The van der Waals surface area contributed by atoms with Gasteiger partial charge in [0.1, 0.15) is 0 Å². The summed E-state index contributed by atoms with van der Waals surface area (Å²) < 4.78 is 5.82. The predicted octanol–water partition coefficient (Wildman–Crippen LogP) is 1.94. The molecule has 3 nitrogen and oxygen atoms in total. The molecule has 2 N–H and O–H groups in total. The predicted molar refractivity (Wildman–Crippen MR) is 74.8 cm³/mol. The van der Waals surface area contributed by atoms with Crippen molar-refractivity contribution in [3.05, 3.63) is 34.4 Å². The van der Waals surface area contributed by atoms with Gasteiger partial charge in [-0.05, 0) is 50.1 Å². The number of aryl methyl sites for hydroxylation is 3. The molecule has 0 amide bonds. The first-order chi connectivity index (χ1) is 8.54. The largest absolute Gasteiger partial charge is 0.374 e. The van der Waals surface area contributed by atoms with Crippen LogP contribution < -0.4 is 5.73 Å². The summed E-state index contributed by atoms with van der Waals surface area (Å²) in [5.74, 6) is 0. The van der Waals surface area contributed by atoms with E-state index in [4.69, 9.17) is 10.5 Å². The minimum absolute atomic E-state index is 0.101. The standard InChI is InChI=1S/C15H24N2O/c1-10-7-12(3)13(8-11(10)2)15-14(9-16)18-6-5-17(15)4/h7-8,14-15H,5-6,9,16H2,1-4H3. The molecular weight excluding hydrogens is 224 g/mol. The lowest BCUT2D eigenvalue weighted by molar-refractivity contribution is -0.0578. The van der Waals surface area contributed by atoms with Crippen LogP contribution in [0.4, 0.5) is 0 Å². The number of nitrogens with two attached hydrogens (primary N) is 1. The van der Waals surface area contributed by atoms with Crippen molar-refractivity contribution in [2.45, 2.75) is 32.9 Å². The fourth-order valence-corrected chi connectivity index (χ4v) is 2.80. The Balaban J connectivity index is 2.41. The van der Waals surface area contributed by atoms with Crippen LogP contribution in [0.3, 0.4) is 0 Å². The summed E-state index contributed by atoms with van der Waals surface area (Å²) in [6, 6.07) is 4.84. The summed E-state index contributed by atoms with van der Waals surface area (Å²) >= 11 is 0. The smallest absolute Gasteiger partial charge is 0.0894 e. The third-order valence-electron chi connectivity index (χ3n) is 4.04. The second kappa shape index (κ2) is 5.39. The summed E-state index contributed by atoms with van der Waals surface area (Å²) in [6.07, 6.45) is 0.101. The zero-order chi connectivity index (χ0) is 13.3. The number of benzene rings is 1. The van der Waals surface area contributed by atoms with E-state index >= 15 is 0 Å². The number of likely N-dealkylation sites (N-methyl/N-ethyl adjacent to an activating group) is 1. The number of hydrogen-bond donors (Lipinski definition) is 1. The maximum Gasteiger partial charge on any atom is 0.0894 e. The van der Waals surface area contributed by atoms with E-state index in [0.29, 0.717) is 6.54 Å². The molecule has 2 atom stereocenters. The monoisotopic (exact) mass is 248 g/mol. The quantitative estimate of drug-likeness (QED) is 0.869. The van der Waals surface area contributed by atoms with Gasteiger partial charge in [0, 0.05) is 13.1 Å². The lowest BCUT2D eigenvalue weighted by atomic mass is 9.91. The Morgan fingerprint density at radius 2 is 1.89 bits per heavy atom. The van der Waals surface area contributed by atoms with Crippen molar-refractivity contribution in [3.8, 4) is 0 Å². The number of rotatable bonds is 2. The molecule has 0 radical (unpaired) electrons. The second-order valence-corrected chi connectivity index (χ2v) is 5.36. The first-order valence-corrected chi connectivity index (χ1v) is 6.64. The summed E-state index contributed by atoms with van der Waals surface area (Å²) in [6.45, 7) is 8.82. The summed E-state index contributed by atoms with van der Waals surface area (Å²) in [4.78, 5) is 2.36. The molecule has 1 aromatic rings. The van der Waals surface area contributed by atoms with Crippen LogP contribution in [-0.4, -0.2) is 37.7 Å². The Morgan fingerprint density at radius 1 is 1.22 bits per heavy atom. The van der Waals surface area contributed by atoms with Crippen LogP contribution >= 0.6 is 0 Å². The summed E-state index contributed by atoms with van der Waals surface area (Å²) in [5.41, 5.74) is 11.2. The Kier molecular flexibility index (Phi) is 4.05. The number of morpholine rings is 1. The molecule has 1 heterocycles. The molecule has 2 rings (SSSR count). The van der Waals surface area contributed by atoms with E-state index in [-0.39, 0.29) is 12.1 Å². The van der Waals surface area contributed by atoms with E-state index in [0.717, 1.165) is 13.2 Å². The van der Waals surface area contributed by atoms with Crippen molar-refractivity contribution < 1.29 is 4.74 Å². The van der Waals surface area contributed by atoms with Gasteiger partial charge in [-0.15, -0.1) is 0 Å². The highest BCUT2D eigenvalue weighted by Gasteiger charge is 2.31. The number of hydrogen-bond acceptors (Lipinski definition) is 3. The molecule has 18 heavy (non-hydrogen) atoms. The van der Waals surface area contributed by atoms with E-state index < -0.39 is 0 Å². The average molecular weight is 248 g/mol. The van der Waals surface area contributed by atoms with E-state index in [2.05, 4.69) is 44.9 Å². The van der Waals surface area contributed by atoms with Gasteiger partial charge in [0.05, 0.1) is 18.8 Å². The van der Waals surface area contributed by atoms with Crippen molar-refractivity contribution in [2.75, 3.05) is 26.7 Å². The van der Waals surface area contributed by atoms with Gasteiger partial charge in [0.2, 0.25) is 0 Å². The summed E-state index contributed by atoms with van der Waals surface area (Å²) in [7, 11) is 2.16. The molecule has 1 aliphatic rings. The third kappa shape index (κ3) is 2.44. The fourth-order valence-electron chi connectivity index (χ4n) is 2.80. The minimum atomic E-state index is 0.101. The Bertz CT molecular complexity index is 431. The molecule has 0 aromatic heterocycles. The zero-order valence-corrected chi connectivity index (χ0v) is 11.9. The Hall–Kier alpha value is -0.900. The van der Waals surface area contributed by atoms with Gasteiger partial charge in [-0.2, -0.15) is 0 Å². The van der Waals surface area contributed by atoms with Crippen LogP contribution in [0.1, 0.15) is 28.3 Å². The van der Waals surface area contributed by atoms with Crippen LogP contribution in [0, 0.1) is 20.8 Å². The van der Waals surface area contributed by atoms with Gasteiger partial charge < -0.3 is 10.5 Å². The van der Waals surface area contributed by atoms with Gasteiger partial charge in [0.25, 0.3) is 0 Å². The normalized spacial score (nSPS) is 25.4. The third-order valence-corrected chi connectivity index (χ3v) is 4.04. The Morgan fingerprint density at radius 3 is 2.56 bits per heavy atom. The SMILES string of the molecule is Cc1cc(C)c(C2C(CN)OCCN2C)cc1C. The maximum atomic E-state index is 5.86. The van der Waals surface area contributed by atoms with Crippen molar-refractivity contribution in [1.29, 1.82) is 0 Å². The average Bonchev–Trinajstić information content (AvgIpc) is 2.34. The van der Waals surface area contributed by atoms with Crippen molar-refractivity contribution in [1.82, 2.24) is 4.90 Å². The zero-order valence-electron chi connectivity index (χ0n) is 11.9. The van der Waals surface area contributed by atoms with Gasteiger partial charge >= 0.3 is 0 Å². The van der Waals surface area contributed by atoms with Gasteiger partial charge in [-0.25, -0.2) is 0 Å². The van der Waals surface area contributed by atoms with Crippen molar-refractivity contribution in [3.63, 3.8) is 0 Å². The van der Waals surface area contributed by atoms with Gasteiger partial charge in [-0.1, -0.05) is 12.1 Å². The highest BCUT2D eigenvalue weighted by molar-refractivity contribution is 5.39. The number of nitrogens with zero attached hydrogens (tertiary/aromatic N) is 1. The van der Waals surface area contributed by atoms with E-state index in [1.54, 1.807) is 0 Å². The highest BCUT2D eigenvalue weighted by atomic mass is 16.5. The van der Waals surface area contributed by atoms with Crippen LogP contribution in [0.5, 0.6) is 0 Å². The maximum absolute atomic E-state index is 5.86.